The first-order chi connectivity index (χ1) is 7.68. The lowest BCUT2D eigenvalue weighted by atomic mass is 10.2. The highest BCUT2D eigenvalue weighted by atomic mass is 32.1. The molecule has 0 bridgehead atoms. The molecule has 2 rings (SSSR count). The number of thiophene rings is 1. The van der Waals surface area contributed by atoms with Crippen molar-refractivity contribution >= 4 is 11.3 Å². The Morgan fingerprint density at radius 3 is 2.88 bits per heavy atom. The van der Waals surface area contributed by atoms with E-state index in [-0.39, 0.29) is 0 Å². The molecule has 0 fully saturated rings. The van der Waals surface area contributed by atoms with Crippen LogP contribution in [-0.2, 0) is 6.54 Å². The zero-order valence-electron chi connectivity index (χ0n) is 9.87. The van der Waals surface area contributed by atoms with Crippen LogP contribution in [0.15, 0.2) is 17.5 Å². The Balaban J connectivity index is 1.98. The van der Waals surface area contributed by atoms with Crippen LogP contribution in [0.3, 0.4) is 0 Å². The van der Waals surface area contributed by atoms with Crippen molar-refractivity contribution in [2.45, 2.75) is 33.4 Å². The summed E-state index contributed by atoms with van der Waals surface area (Å²) in [5.41, 5.74) is 3.52. The van der Waals surface area contributed by atoms with Crippen LogP contribution >= 0.6 is 11.3 Å². The van der Waals surface area contributed by atoms with Crippen LogP contribution in [0.5, 0.6) is 0 Å². The Morgan fingerprint density at radius 1 is 1.50 bits per heavy atom. The summed E-state index contributed by atoms with van der Waals surface area (Å²) in [5.74, 6) is 0. The highest BCUT2D eigenvalue weighted by Gasteiger charge is 2.09. The number of aryl methyl sites for hydroxylation is 2. The van der Waals surface area contributed by atoms with Crippen LogP contribution in [0.2, 0.25) is 0 Å². The Morgan fingerprint density at radius 2 is 2.31 bits per heavy atom. The van der Waals surface area contributed by atoms with E-state index in [2.05, 4.69) is 46.9 Å². The van der Waals surface area contributed by atoms with Gasteiger partial charge in [-0.1, -0.05) is 6.07 Å². The molecule has 2 N–H and O–H groups in total. The van der Waals surface area contributed by atoms with Gasteiger partial charge in [0.05, 0.1) is 5.69 Å². The van der Waals surface area contributed by atoms with Gasteiger partial charge in [0.15, 0.2) is 0 Å². The van der Waals surface area contributed by atoms with Gasteiger partial charge in [0.2, 0.25) is 0 Å². The monoisotopic (exact) mass is 235 g/mol. The predicted octanol–water partition coefficient (Wildman–Crippen LogP) is 2.94. The topological polar surface area (TPSA) is 40.7 Å². The van der Waals surface area contributed by atoms with Gasteiger partial charge < -0.3 is 5.32 Å². The summed E-state index contributed by atoms with van der Waals surface area (Å²) in [7, 11) is 0. The molecule has 86 valence electrons. The quantitative estimate of drug-likeness (QED) is 0.855. The van der Waals surface area contributed by atoms with Gasteiger partial charge in [-0.25, -0.2) is 0 Å². The van der Waals surface area contributed by atoms with Crippen molar-refractivity contribution in [3.05, 3.63) is 39.3 Å². The second kappa shape index (κ2) is 4.80. The standard InChI is InChI=1S/C12H17N3S/c1-8-11(9(2)15-14-8)7-13-10(3)12-5-4-6-16-12/h4-6,10,13H,7H2,1-3H3,(H,14,15)/t10-/m1/s1. The van der Waals surface area contributed by atoms with Crippen LogP contribution in [-0.4, -0.2) is 10.2 Å². The van der Waals surface area contributed by atoms with E-state index in [4.69, 9.17) is 0 Å². The smallest absolute Gasteiger partial charge is 0.0638 e. The maximum absolute atomic E-state index is 4.19. The molecule has 0 saturated heterocycles. The highest BCUT2D eigenvalue weighted by Crippen LogP contribution is 2.19. The first-order valence-corrected chi connectivity index (χ1v) is 6.33. The van der Waals surface area contributed by atoms with Crippen LogP contribution in [0.1, 0.15) is 34.8 Å². The number of aromatic amines is 1. The molecule has 2 aromatic heterocycles. The van der Waals surface area contributed by atoms with E-state index in [0.717, 1.165) is 17.9 Å². The minimum Gasteiger partial charge on any atom is -0.305 e. The number of hydrogen-bond donors (Lipinski definition) is 2. The van der Waals surface area contributed by atoms with Crippen molar-refractivity contribution < 1.29 is 0 Å². The number of aromatic nitrogens is 2. The van der Waals surface area contributed by atoms with Gasteiger partial charge in [-0.05, 0) is 32.2 Å². The molecule has 0 spiro atoms. The van der Waals surface area contributed by atoms with E-state index in [1.165, 1.54) is 10.4 Å². The number of rotatable bonds is 4. The third-order valence-corrected chi connectivity index (χ3v) is 3.89. The molecule has 2 aromatic rings. The Bertz CT molecular complexity index is 425. The molecule has 0 aliphatic heterocycles. The third kappa shape index (κ3) is 2.33. The molecular weight excluding hydrogens is 218 g/mol. The van der Waals surface area contributed by atoms with Gasteiger partial charge >= 0.3 is 0 Å². The summed E-state index contributed by atoms with van der Waals surface area (Å²) in [6, 6.07) is 4.65. The summed E-state index contributed by atoms with van der Waals surface area (Å²) < 4.78 is 0. The lowest BCUT2D eigenvalue weighted by molar-refractivity contribution is 0.580. The molecule has 0 aliphatic rings. The van der Waals surface area contributed by atoms with Gasteiger partial charge in [0, 0.05) is 28.7 Å². The predicted molar refractivity (Wildman–Crippen MR) is 67.6 cm³/mol. The molecule has 3 nitrogen and oxygen atoms in total. The van der Waals surface area contributed by atoms with Gasteiger partial charge in [-0.3, -0.25) is 5.10 Å². The van der Waals surface area contributed by atoms with E-state index >= 15 is 0 Å². The average Bonchev–Trinajstić information content (AvgIpc) is 2.87. The number of H-pyrrole nitrogens is 1. The molecule has 16 heavy (non-hydrogen) atoms. The van der Waals surface area contributed by atoms with Gasteiger partial charge in [0.25, 0.3) is 0 Å². The second-order valence-corrected chi connectivity index (χ2v) is 5.01. The Labute approximate surface area is 99.9 Å². The van der Waals surface area contributed by atoms with Crippen molar-refractivity contribution in [1.29, 1.82) is 0 Å². The molecule has 4 heteroatoms. The minimum absolute atomic E-state index is 0.397. The zero-order chi connectivity index (χ0) is 11.5. The van der Waals surface area contributed by atoms with Crippen LogP contribution in [0.25, 0.3) is 0 Å². The van der Waals surface area contributed by atoms with Gasteiger partial charge in [-0.15, -0.1) is 11.3 Å². The normalized spacial score (nSPS) is 12.9. The maximum Gasteiger partial charge on any atom is 0.0638 e. The van der Waals surface area contributed by atoms with E-state index in [9.17, 15) is 0 Å². The Hall–Kier alpha value is -1.13. The van der Waals surface area contributed by atoms with Gasteiger partial charge in [-0.2, -0.15) is 5.10 Å². The van der Waals surface area contributed by atoms with Crippen LogP contribution in [0, 0.1) is 13.8 Å². The minimum atomic E-state index is 0.397. The fourth-order valence-electron chi connectivity index (χ4n) is 1.73. The highest BCUT2D eigenvalue weighted by molar-refractivity contribution is 7.10. The average molecular weight is 235 g/mol. The fourth-order valence-corrected chi connectivity index (χ4v) is 2.49. The third-order valence-electron chi connectivity index (χ3n) is 2.84. The van der Waals surface area contributed by atoms with Crippen molar-refractivity contribution in [1.82, 2.24) is 15.5 Å². The van der Waals surface area contributed by atoms with Gasteiger partial charge in [0.1, 0.15) is 0 Å². The molecule has 0 amide bonds. The van der Waals surface area contributed by atoms with E-state index in [0.29, 0.717) is 6.04 Å². The Kier molecular flexibility index (Phi) is 3.41. The first-order valence-electron chi connectivity index (χ1n) is 5.45. The summed E-state index contributed by atoms with van der Waals surface area (Å²) in [4.78, 5) is 1.37. The van der Waals surface area contributed by atoms with Crippen molar-refractivity contribution in [3.63, 3.8) is 0 Å². The summed E-state index contributed by atoms with van der Waals surface area (Å²) in [6.07, 6.45) is 0. The summed E-state index contributed by atoms with van der Waals surface area (Å²) in [5, 5.41) is 12.8. The van der Waals surface area contributed by atoms with Crippen molar-refractivity contribution in [3.8, 4) is 0 Å². The lowest BCUT2D eigenvalue weighted by Crippen LogP contribution is -2.17. The zero-order valence-corrected chi connectivity index (χ0v) is 10.7. The first kappa shape index (κ1) is 11.4. The van der Waals surface area contributed by atoms with E-state index in [1.54, 1.807) is 11.3 Å². The molecule has 0 unspecified atom stereocenters. The largest absolute Gasteiger partial charge is 0.305 e. The molecule has 0 aromatic carbocycles. The van der Waals surface area contributed by atoms with Crippen molar-refractivity contribution in [2.75, 3.05) is 0 Å². The van der Waals surface area contributed by atoms with E-state index < -0.39 is 0 Å². The molecule has 0 saturated carbocycles. The fraction of sp³-hybridized carbons (Fsp3) is 0.417. The molecular formula is C12H17N3S. The number of hydrogen-bond acceptors (Lipinski definition) is 3. The molecule has 2 heterocycles. The second-order valence-electron chi connectivity index (χ2n) is 4.03. The summed E-state index contributed by atoms with van der Waals surface area (Å²) >= 11 is 1.79. The molecule has 0 radical (unpaired) electrons. The number of nitrogens with one attached hydrogen (secondary N) is 2. The summed E-state index contributed by atoms with van der Waals surface area (Å²) in [6.45, 7) is 7.16. The van der Waals surface area contributed by atoms with Crippen molar-refractivity contribution in [2.24, 2.45) is 0 Å². The van der Waals surface area contributed by atoms with E-state index in [1.807, 2.05) is 6.92 Å². The number of nitrogens with zero attached hydrogens (tertiary/aromatic N) is 1. The maximum atomic E-state index is 4.19. The SMILES string of the molecule is Cc1n[nH]c(C)c1CN[C@H](C)c1cccs1. The van der Waals surface area contributed by atoms with Crippen LogP contribution < -0.4 is 5.32 Å². The molecule has 0 aliphatic carbocycles. The molecule has 1 atom stereocenters. The lowest BCUT2D eigenvalue weighted by Gasteiger charge is -2.12. The van der Waals surface area contributed by atoms with Crippen LogP contribution in [0.4, 0.5) is 0 Å².